The van der Waals surface area contributed by atoms with E-state index in [0.29, 0.717) is 47.5 Å². The van der Waals surface area contributed by atoms with Crippen LogP contribution in [-0.2, 0) is 17.9 Å². The van der Waals surface area contributed by atoms with Gasteiger partial charge in [0.25, 0.3) is 0 Å². The minimum absolute atomic E-state index is 0.0720. The number of halogens is 2. The Morgan fingerprint density at radius 1 is 0.970 bits per heavy atom. The van der Waals surface area contributed by atoms with E-state index in [4.69, 9.17) is 27.6 Å². The molecule has 0 aliphatic heterocycles. The molecule has 0 radical (unpaired) electrons. The van der Waals surface area contributed by atoms with E-state index in [9.17, 15) is 9.59 Å². The Labute approximate surface area is 204 Å². The van der Waals surface area contributed by atoms with Crippen LogP contribution in [0, 0.1) is 6.92 Å². The van der Waals surface area contributed by atoms with E-state index >= 15 is 0 Å². The molecular weight excluding hydrogens is 461 g/mol. The highest BCUT2D eigenvalue weighted by atomic mass is 35.5. The Morgan fingerprint density at radius 2 is 1.73 bits per heavy atom. The minimum Gasteiger partial charge on any atom is -0.464 e. The number of anilines is 1. The Hall–Kier alpha value is -2.96. The van der Waals surface area contributed by atoms with Crippen molar-refractivity contribution >= 4 is 40.8 Å². The number of nitrogens with one attached hydrogen (secondary N) is 1. The molecule has 0 saturated carbocycles. The fraction of sp³-hybridized carbons (Fsp3) is 0.280. The predicted octanol–water partition coefficient (Wildman–Crippen LogP) is 6.37. The van der Waals surface area contributed by atoms with Crippen LogP contribution in [0.4, 0.5) is 10.5 Å². The van der Waals surface area contributed by atoms with Gasteiger partial charge in [-0.2, -0.15) is 0 Å². The first kappa shape index (κ1) is 24.7. The Balaban J connectivity index is 1.75. The summed E-state index contributed by atoms with van der Waals surface area (Å²) in [5.41, 5.74) is 1.43. The normalized spacial score (nSPS) is 10.7. The van der Waals surface area contributed by atoms with Gasteiger partial charge in [0.2, 0.25) is 5.91 Å². The van der Waals surface area contributed by atoms with Crippen LogP contribution in [0.15, 0.2) is 65.1 Å². The number of amides is 3. The lowest BCUT2D eigenvalue weighted by molar-refractivity contribution is -0.133. The summed E-state index contributed by atoms with van der Waals surface area (Å²) in [7, 11) is 0. The first-order valence-corrected chi connectivity index (χ1v) is 11.5. The Kier molecular flexibility index (Phi) is 8.80. The van der Waals surface area contributed by atoms with Crippen molar-refractivity contribution in [1.29, 1.82) is 0 Å². The van der Waals surface area contributed by atoms with Crippen molar-refractivity contribution in [3.63, 3.8) is 0 Å². The number of nitrogens with zero attached hydrogens (tertiary/aromatic N) is 2. The number of carbonyl (C=O) groups is 2. The molecule has 0 fully saturated rings. The molecule has 0 bridgehead atoms. The molecule has 3 aromatic rings. The monoisotopic (exact) mass is 487 g/mol. The number of hydrogen-bond donors (Lipinski definition) is 1. The van der Waals surface area contributed by atoms with Gasteiger partial charge in [-0.25, -0.2) is 4.79 Å². The van der Waals surface area contributed by atoms with Crippen LogP contribution in [0.5, 0.6) is 0 Å². The van der Waals surface area contributed by atoms with Crippen LogP contribution in [0.25, 0.3) is 0 Å². The summed E-state index contributed by atoms with van der Waals surface area (Å²) >= 11 is 12.1. The van der Waals surface area contributed by atoms with Crippen LogP contribution >= 0.6 is 23.2 Å². The lowest BCUT2D eigenvalue weighted by Gasteiger charge is -2.27. The van der Waals surface area contributed by atoms with Crippen LogP contribution in [0.3, 0.4) is 0 Å². The number of rotatable bonds is 9. The van der Waals surface area contributed by atoms with Crippen molar-refractivity contribution in [3.05, 3.63) is 87.8 Å². The highest BCUT2D eigenvalue weighted by Crippen LogP contribution is 2.25. The molecule has 0 spiro atoms. The molecule has 8 heteroatoms. The summed E-state index contributed by atoms with van der Waals surface area (Å²) in [5, 5.41) is 3.58. The van der Waals surface area contributed by atoms with E-state index in [-0.39, 0.29) is 12.5 Å². The molecule has 1 N–H and O–H groups in total. The molecule has 1 heterocycles. The van der Waals surface area contributed by atoms with Crippen molar-refractivity contribution in [1.82, 2.24) is 9.80 Å². The maximum absolute atomic E-state index is 13.3. The van der Waals surface area contributed by atoms with E-state index in [2.05, 4.69) is 5.32 Å². The highest BCUT2D eigenvalue weighted by molar-refractivity contribution is 6.36. The zero-order chi connectivity index (χ0) is 23.8. The van der Waals surface area contributed by atoms with Gasteiger partial charge in [0.05, 0.1) is 17.3 Å². The Morgan fingerprint density at radius 3 is 2.36 bits per heavy atom. The van der Waals surface area contributed by atoms with Gasteiger partial charge in [-0.05, 0) is 49.2 Å². The van der Waals surface area contributed by atoms with Crippen LogP contribution in [0.1, 0.15) is 30.4 Å². The average Bonchev–Trinajstić information content (AvgIpc) is 3.20. The molecule has 1 aromatic heterocycles. The third-order valence-electron chi connectivity index (χ3n) is 4.99. The molecule has 33 heavy (non-hydrogen) atoms. The smallest absolute Gasteiger partial charge is 0.322 e. The van der Waals surface area contributed by atoms with Gasteiger partial charge in [-0.1, -0.05) is 60.5 Å². The SMILES string of the molecule is CCCN(CC(=O)N(Cc1ccccc1)Cc1ccc(C)o1)C(=O)Nc1ccc(Cl)cc1Cl. The third kappa shape index (κ3) is 7.27. The van der Waals surface area contributed by atoms with Crippen molar-refractivity contribution in [3.8, 4) is 0 Å². The average molecular weight is 488 g/mol. The second-order valence-corrected chi connectivity index (χ2v) is 8.57. The molecule has 0 saturated heterocycles. The number of urea groups is 1. The molecule has 0 aliphatic carbocycles. The number of furan rings is 1. The molecule has 3 amide bonds. The van der Waals surface area contributed by atoms with Crippen LogP contribution in [-0.4, -0.2) is 34.8 Å². The van der Waals surface area contributed by atoms with Crippen LogP contribution < -0.4 is 5.32 Å². The van der Waals surface area contributed by atoms with E-state index in [1.165, 1.54) is 4.90 Å². The standard InChI is InChI=1S/C25H27Cl2N3O3/c1-3-13-29(25(32)28-23-12-10-20(26)14-22(23)27)17-24(31)30(15-19-7-5-4-6-8-19)16-21-11-9-18(2)33-21/h4-12,14H,3,13,15-17H2,1-2H3,(H,28,32). The number of benzene rings is 2. The topological polar surface area (TPSA) is 65.8 Å². The molecule has 3 rings (SSSR count). The summed E-state index contributed by atoms with van der Waals surface area (Å²) < 4.78 is 5.69. The second kappa shape index (κ2) is 11.8. The summed E-state index contributed by atoms with van der Waals surface area (Å²) in [5.74, 6) is 1.29. The Bertz CT molecular complexity index is 1090. The summed E-state index contributed by atoms with van der Waals surface area (Å²) in [6.07, 6.45) is 0.700. The predicted molar refractivity (Wildman–Crippen MR) is 131 cm³/mol. The lowest BCUT2D eigenvalue weighted by Crippen LogP contribution is -2.44. The highest BCUT2D eigenvalue weighted by Gasteiger charge is 2.23. The van der Waals surface area contributed by atoms with Crippen molar-refractivity contribution in [2.45, 2.75) is 33.4 Å². The van der Waals surface area contributed by atoms with Gasteiger partial charge in [-0.15, -0.1) is 0 Å². The number of aryl methyl sites for hydroxylation is 1. The van der Waals surface area contributed by atoms with Gasteiger partial charge in [0.1, 0.15) is 18.1 Å². The van der Waals surface area contributed by atoms with E-state index in [1.807, 2.05) is 56.3 Å². The van der Waals surface area contributed by atoms with E-state index in [0.717, 1.165) is 11.3 Å². The molecule has 0 atom stereocenters. The second-order valence-electron chi connectivity index (χ2n) is 7.72. The molecular formula is C25H27Cl2N3O3. The van der Waals surface area contributed by atoms with Crippen molar-refractivity contribution in [2.24, 2.45) is 0 Å². The fourth-order valence-electron chi connectivity index (χ4n) is 3.36. The fourth-order valence-corrected chi connectivity index (χ4v) is 3.82. The van der Waals surface area contributed by atoms with Crippen molar-refractivity contribution < 1.29 is 14.0 Å². The third-order valence-corrected chi connectivity index (χ3v) is 5.54. The lowest BCUT2D eigenvalue weighted by atomic mass is 10.2. The molecule has 0 unspecified atom stereocenters. The largest absolute Gasteiger partial charge is 0.464 e. The van der Waals surface area contributed by atoms with Crippen LogP contribution in [0.2, 0.25) is 10.0 Å². The molecule has 174 valence electrons. The summed E-state index contributed by atoms with van der Waals surface area (Å²) in [4.78, 5) is 29.5. The molecule has 6 nitrogen and oxygen atoms in total. The van der Waals surface area contributed by atoms with Gasteiger partial charge < -0.3 is 19.5 Å². The maximum Gasteiger partial charge on any atom is 0.322 e. The summed E-state index contributed by atoms with van der Waals surface area (Å²) in [6, 6.07) is 17.9. The number of carbonyl (C=O) groups excluding carboxylic acids is 2. The minimum atomic E-state index is -0.400. The molecule has 2 aromatic carbocycles. The summed E-state index contributed by atoms with van der Waals surface area (Å²) in [6.45, 7) is 4.88. The van der Waals surface area contributed by atoms with Gasteiger partial charge in [0.15, 0.2) is 0 Å². The first-order chi connectivity index (χ1) is 15.9. The van der Waals surface area contributed by atoms with E-state index in [1.54, 1.807) is 23.1 Å². The maximum atomic E-state index is 13.3. The molecule has 0 aliphatic rings. The zero-order valence-corrected chi connectivity index (χ0v) is 20.2. The van der Waals surface area contributed by atoms with Crippen molar-refractivity contribution in [2.75, 3.05) is 18.4 Å². The van der Waals surface area contributed by atoms with Gasteiger partial charge in [-0.3, -0.25) is 4.79 Å². The zero-order valence-electron chi connectivity index (χ0n) is 18.7. The first-order valence-electron chi connectivity index (χ1n) is 10.7. The number of hydrogen-bond acceptors (Lipinski definition) is 3. The quantitative estimate of drug-likeness (QED) is 0.381. The van der Waals surface area contributed by atoms with E-state index < -0.39 is 6.03 Å². The van der Waals surface area contributed by atoms with Gasteiger partial charge in [0, 0.05) is 18.1 Å². The van der Waals surface area contributed by atoms with Gasteiger partial charge >= 0.3 is 6.03 Å².